The van der Waals surface area contributed by atoms with Gasteiger partial charge in [0.2, 0.25) is 15.9 Å². The summed E-state index contributed by atoms with van der Waals surface area (Å²) in [6.07, 6.45) is 0. The predicted molar refractivity (Wildman–Crippen MR) is 122 cm³/mol. The standard InChI is InChI=1S/C19H21N5O4S3/c1-12(30-19-22-16(20)15-5-10-29-18(15)23-19)17(25)21-13-3-2-4-14(11-13)31(26,27)24-6-8-28-9-7-24/h2-5,10-12H,6-9H2,1H3,(H,21,25)(H2,20,22,23)/t12-/m1/s1. The lowest BCUT2D eigenvalue weighted by molar-refractivity contribution is -0.115. The van der Waals surface area contributed by atoms with Gasteiger partial charge in [0.15, 0.2) is 5.16 Å². The number of ether oxygens (including phenoxy) is 1. The molecule has 1 atom stereocenters. The van der Waals surface area contributed by atoms with Gasteiger partial charge < -0.3 is 15.8 Å². The minimum Gasteiger partial charge on any atom is -0.383 e. The highest BCUT2D eigenvalue weighted by atomic mass is 32.2. The normalized spacial score (nSPS) is 16.3. The van der Waals surface area contributed by atoms with Crippen LogP contribution >= 0.6 is 23.1 Å². The van der Waals surface area contributed by atoms with Gasteiger partial charge in [-0.25, -0.2) is 18.4 Å². The summed E-state index contributed by atoms with van der Waals surface area (Å²) < 4.78 is 32.3. The fraction of sp³-hybridized carbons (Fsp3) is 0.316. The highest BCUT2D eigenvalue weighted by Crippen LogP contribution is 2.29. The second-order valence-corrected chi connectivity index (χ2v) is 11.0. The number of nitrogens with zero attached hydrogens (tertiary/aromatic N) is 3. The smallest absolute Gasteiger partial charge is 0.243 e. The van der Waals surface area contributed by atoms with Crippen LogP contribution in [0.5, 0.6) is 0 Å². The van der Waals surface area contributed by atoms with Crippen LogP contribution in [0, 0.1) is 0 Å². The molecule has 2 aromatic heterocycles. The van der Waals surface area contributed by atoms with Crippen molar-refractivity contribution in [3.63, 3.8) is 0 Å². The zero-order valence-electron chi connectivity index (χ0n) is 16.6. The Labute approximate surface area is 188 Å². The number of thiophene rings is 1. The molecule has 1 aromatic carbocycles. The van der Waals surface area contributed by atoms with Gasteiger partial charge in [-0.1, -0.05) is 17.8 Å². The van der Waals surface area contributed by atoms with Crippen molar-refractivity contribution >= 4 is 60.8 Å². The van der Waals surface area contributed by atoms with Gasteiger partial charge in [0.1, 0.15) is 10.6 Å². The van der Waals surface area contributed by atoms with Crippen LogP contribution in [-0.4, -0.2) is 60.2 Å². The Kier molecular flexibility index (Phi) is 6.44. The lowest BCUT2D eigenvalue weighted by atomic mass is 10.3. The molecule has 0 radical (unpaired) electrons. The first-order chi connectivity index (χ1) is 14.8. The Hall–Kier alpha value is -2.25. The Morgan fingerprint density at radius 1 is 1.29 bits per heavy atom. The summed E-state index contributed by atoms with van der Waals surface area (Å²) in [6.45, 7) is 3.09. The summed E-state index contributed by atoms with van der Waals surface area (Å²) in [5, 5.41) is 5.35. The average Bonchev–Trinajstić information content (AvgIpc) is 3.24. The molecule has 0 bridgehead atoms. The van der Waals surface area contributed by atoms with Crippen LogP contribution in [0.2, 0.25) is 0 Å². The maximum absolute atomic E-state index is 12.8. The molecule has 1 saturated heterocycles. The lowest BCUT2D eigenvalue weighted by Crippen LogP contribution is -2.40. The number of fused-ring (bicyclic) bond motifs is 1. The van der Waals surface area contributed by atoms with Crippen molar-refractivity contribution in [2.75, 3.05) is 37.4 Å². The average molecular weight is 480 g/mol. The van der Waals surface area contributed by atoms with E-state index >= 15 is 0 Å². The summed E-state index contributed by atoms with van der Waals surface area (Å²) in [7, 11) is -3.65. The number of carbonyl (C=O) groups is 1. The topological polar surface area (TPSA) is 128 Å². The fourth-order valence-electron chi connectivity index (χ4n) is 3.04. The molecule has 3 aromatic rings. The van der Waals surface area contributed by atoms with Gasteiger partial charge in [0.25, 0.3) is 0 Å². The summed E-state index contributed by atoms with van der Waals surface area (Å²) in [4.78, 5) is 22.3. The number of benzene rings is 1. The van der Waals surface area contributed by atoms with Crippen molar-refractivity contribution in [2.45, 2.75) is 22.2 Å². The molecule has 0 unspecified atom stereocenters. The number of carbonyl (C=O) groups excluding carboxylic acids is 1. The van der Waals surface area contributed by atoms with Gasteiger partial charge in [-0.3, -0.25) is 4.79 Å². The molecule has 0 spiro atoms. The van der Waals surface area contributed by atoms with Gasteiger partial charge >= 0.3 is 0 Å². The van der Waals surface area contributed by atoms with E-state index in [9.17, 15) is 13.2 Å². The van der Waals surface area contributed by atoms with Crippen LogP contribution in [0.15, 0.2) is 45.8 Å². The molecule has 0 saturated carbocycles. The molecule has 1 amide bonds. The molecule has 9 nitrogen and oxygen atoms in total. The number of thioether (sulfide) groups is 1. The molecular formula is C19H21N5O4S3. The first-order valence-corrected chi connectivity index (χ1v) is 12.7. The maximum atomic E-state index is 12.8. The number of hydrogen-bond acceptors (Lipinski definition) is 9. The fourth-order valence-corrected chi connectivity index (χ4v) is 6.10. The van der Waals surface area contributed by atoms with Crippen molar-refractivity contribution in [2.24, 2.45) is 0 Å². The van der Waals surface area contributed by atoms with Gasteiger partial charge in [-0.15, -0.1) is 11.3 Å². The van der Waals surface area contributed by atoms with Gasteiger partial charge in [-0.2, -0.15) is 4.31 Å². The molecular weight excluding hydrogens is 458 g/mol. The van der Waals surface area contributed by atoms with E-state index in [1.165, 1.54) is 39.5 Å². The number of anilines is 2. The minimum atomic E-state index is -3.65. The minimum absolute atomic E-state index is 0.131. The summed E-state index contributed by atoms with van der Waals surface area (Å²) in [6, 6.07) is 8.10. The third-order valence-electron chi connectivity index (χ3n) is 4.69. The van der Waals surface area contributed by atoms with Crippen LogP contribution in [-0.2, 0) is 19.6 Å². The van der Waals surface area contributed by atoms with Crippen molar-refractivity contribution < 1.29 is 17.9 Å². The molecule has 0 aliphatic carbocycles. The molecule has 1 aliphatic rings. The first-order valence-electron chi connectivity index (χ1n) is 9.51. The number of amides is 1. The van der Waals surface area contributed by atoms with E-state index in [1.807, 2.05) is 11.4 Å². The molecule has 12 heteroatoms. The first kappa shape index (κ1) is 22.0. The quantitative estimate of drug-likeness (QED) is 0.408. The number of hydrogen-bond donors (Lipinski definition) is 2. The number of rotatable bonds is 6. The van der Waals surface area contributed by atoms with Gasteiger partial charge in [-0.05, 0) is 36.6 Å². The molecule has 4 rings (SSSR count). The monoisotopic (exact) mass is 479 g/mol. The second-order valence-electron chi connectivity index (χ2n) is 6.82. The SMILES string of the molecule is C[C@@H](Sc1nc(N)c2ccsc2n1)C(=O)Nc1cccc(S(=O)(=O)N2CCOCC2)c1. The summed E-state index contributed by atoms with van der Waals surface area (Å²) in [5.74, 6) is 0.0850. The molecule has 1 aliphatic heterocycles. The van der Waals surface area contributed by atoms with Crippen molar-refractivity contribution in [1.82, 2.24) is 14.3 Å². The number of nitrogen functional groups attached to an aromatic ring is 1. The number of aromatic nitrogens is 2. The molecule has 3 N–H and O–H groups in total. The van der Waals surface area contributed by atoms with Gasteiger partial charge in [0.05, 0.1) is 28.7 Å². The third-order valence-corrected chi connectivity index (χ3v) is 8.36. The highest BCUT2D eigenvalue weighted by Gasteiger charge is 2.26. The Bertz CT molecular complexity index is 1210. The Morgan fingerprint density at radius 3 is 2.84 bits per heavy atom. The van der Waals surface area contributed by atoms with Crippen LogP contribution in [0.3, 0.4) is 0 Å². The van der Waals surface area contributed by atoms with E-state index in [-0.39, 0.29) is 10.8 Å². The van der Waals surface area contributed by atoms with Gasteiger partial charge in [0, 0.05) is 18.8 Å². The van der Waals surface area contributed by atoms with Crippen molar-refractivity contribution in [1.29, 1.82) is 0 Å². The van der Waals surface area contributed by atoms with E-state index in [2.05, 4.69) is 15.3 Å². The summed E-state index contributed by atoms with van der Waals surface area (Å²) >= 11 is 2.64. The van der Waals surface area contributed by atoms with Crippen LogP contribution in [0.4, 0.5) is 11.5 Å². The third kappa shape index (κ3) is 4.83. The molecule has 3 heterocycles. The van der Waals surface area contributed by atoms with E-state index < -0.39 is 15.3 Å². The van der Waals surface area contributed by atoms with Crippen LogP contribution < -0.4 is 11.1 Å². The lowest BCUT2D eigenvalue weighted by Gasteiger charge is -2.26. The second kappa shape index (κ2) is 9.09. The van der Waals surface area contributed by atoms with Crippen molar-refractivity contribution in [3.8, 4) is 0 Å². The van der Waals surface area contributed by atoms with Crippen LogP contribution in [0.1, 0.15) is 6.92 Å². The maximum Gasteiger partial charge on any atom is 0.243 e. The predicted octanol–water partition coefficient (Wildman–Crippen LogP) is 2.41. The molecule has 164 valence electrons. The zero-order valence-corrected chi connectivity index (χ0v) is 19.1. The largest absolute Gasteiger partial charge is 0.383 e. The number of nitrogens with one attached hydrogen (secondary N) is 1. The van der Waals surface area contributed by atoms with E-state index in [0.717, 1.165) is 10.2 Å². The van der Waals surface area contributed by atoms with E-state index in [1.54, 1.807) is 19.1 Å². The zero-order chi connectivity index (χ0) is 22.0. The van der Waals surface area contributed by atoms with E-state index in [0.29, 0.717) is 43.0 Å². The van der Waals surface area contributed by atoms with Crippen molar-refractivity contribution in [3.05, 3.63) is 35.7 Å². The Balaban J connectivity index is 1.45. The Morgan fingerprint density at radius 2 is 2.06 bits per heavy atom. The highest BCUT2D eigenvalue weighted by molar-refractivity contribution is 8.00. The van der Waals surface area contributed by atoms with E-state index in [4.69, 9.17) is 10.5 Å². The number of sulfonamides is 1. The molecule has 1 fully saturated rings. The molecule has 31 heavy (non-hydrogen) atoms. The summed E-state index contributed by atoms with van der Waals surface area (Å²) in [5.41, 5.74) is 6.37. The number of nitrogens with two attached hydrogens (primary N) is 1. The number of morpholine rings is 1. The van der Waals surface area contributed by atoms with Crippen LogP contribution in [0.25, 0.3) is 10.2 Å².